The third-order valence-corrected chi connectivity index (χ3v) is 9.48. The molecule has 1 spiro atoms. The summed E-state index contributed by atoms with van der Waals surface area (Å²) >= 11 is 0. The number of carbonyl (C=O) groups is 1. The van der Waals surface area contributed by atoms with E-state index < -0.39 is 11.0 Å². The lowest BCUT2D eigenvalue weighted by Crippen LogP contribution is -2.64. The Morgan fingerprint density at radius 1 is 1.07 bits per heavy atom. The second kappa shape index (κ2) is 11.3. The number of piperidine rings is 1. The number of likely N-dealkylation sites (tertiary alicyclic amines) is 1. The minimum atomic E-state index is -1.10. The standard InChI is InChI=1S/C32H39N5O4/c1-41-26-11-9-25(10-12-26)28-20-33-16-18-37(28)30(39)35-17-15-32(40,31(21-35)13-5-6-14-31)22-36-23-34-27(19-29(36)38)24-7-3-2-4-8-24/h2-4,7-12,19,23,28,33,40H,5-6,13-18,20-22H2,1H3. The smallest absolute Gasteiger partial charge is 0.320 e. The Morgan fingerprint density at radius 2 is 1.83 bits per heavy atom. The van der Waals surface area contributed by atoms with Crippen LogP contribution in [0.2, 0.25) is 0 Å². The number of urea groups is 1. The number of ether oxygens (including phenoxy) is 1. The number of rotatable bonds is 5. The van der Waals surface area contributed by atoms with Crippen LogP contribution in [0.1, 0.15) is 43.7 Å². The van der Waals surface area contributed by atoms with Crippen LogP contribution in [0.5, 0.6) is 5.75 Å². The molecule has 6 rings (SSSR count). The summed E-state index contributed by atoms with van der Waals surface area (Å²) in [5.74, 6) is 0.790. The Hall–Kier alpha value is -3.69. The molecule has 0 bridgehead atoms. The molecule has 2 atom stereocenters. The maximum absolute atomic E-state index is 14.0. The van der Waals surface area contributed by atoms with Crippen molar-refractivity contribution in [2.24, 2.45) is 5.41 Å². The van der Waals surface area contributed by atoms with E-state index in [1.165, 1.54) is 0 Å². The van der Waals surface area contributed by atoms with Crippen molar-refractivity contribution in [3.63, 3.8) is 0 Å². The van der Waals surface area contributed by atoms with Gasteiger partial charge in [-0.25, -0.2) is 9.78 Å². The van der Waals surface area contributed by atoms with Crippen molar-refractivity contribution in [1.29, 1.82) is 0 Å². The van der Waals surface area contributed by atoms with E-state index in [4.69, 9.17) is 4.74 Å². The van der Waals surface area contributed by atoms with Crippen LogP contribution >= 0.6 is 0 Å². The van der Waals surface area contributed by atoms with Crippen LogP contribution in [-0.4, -0.2) is 75.9 Å². The van der Waals surface area contributed by atoms with E-state index in [1.807, 2.05) is 64.4 Å². The van der Waals surface area contributed by atoms with Crippen LogP contribution in [0, 0.1) is 5.41 Å². The lowest BCUT2D eigenvalue weighted by Gasteiger charge is -2.53. The third-order valence-electron chi connectivity index (χ3n) is 9.48. The van der Waals surface area contributed by atoms with Gasteiger partial charge in [0.05, 0.1) is 37.3 Å². The van der Waals surface area contributed by atoms with Crippen molar-refractivity contribution in [3.05, 3.63) is 82.9 Å². The molecule has 3 aromatic rings. The SMILES string of the molecule is COc1ccc(C2CNCCN2C(=O)N2CCC(O)(Cn3cnc(-c4ccccc4)cc3=O)C3(CCCC3)C2)cc1. The molecule has 2 aromatic carbocycles. The summed E-state index contributed by atoms with van der Waals surface area (Å²) in [5, 5.41) is 15.7. The molecule has 1 saturated carbocycles. The molecule has 2 N–H and O–H groups in total. The number of carbonyl (C=O) groups excluding carboxylic acids is 1. The van der Waals surface area contributed by atoms with Crippen molar-refractivity contribution in [1.82, 2.24) is 24.7 Å². The Kier molecular flexibility index (Phi) is 7.57. The summed E-state index contributed by atoms with van der Waals surface area (Å²) in [7, 11) is 1.65. The highest BCUT2D eigenvalue weighted by Gasteiger charge is 2.56. The first-order valence-electron chi connectivity index (χ1n) is 14.7. The summed E-state index contributed by atoms with van der Waals surface area (Å²) in [6, 6.07) is 19.0. The van der Waals surface area contributed by atoms with Gasteiger partial charge in [-0.1, -0.05) is 55.3 Å². The van der Waals surface area contributed by atoms with E-state index in [0.717, 1.165) is 49.1 Å². The lowest BCUT2D eigenvalue weighted by atomic mass is 9.66. The predicted molar refractivity (Wildman–Crippen MR) is 157 cm³/mol. The lowest BCUT2D eigenvalue weighted by molar-refractivity contribution is -0.137. The normalized spacial score (nSPS) is 24.0. The first-order valence-corrected chi connectivity index (χ1v) is 14.7. The van der Waals surface area contributed by atoms with E-state index in [2.05, 4.69) is 10.3 Å². The maximum Gasteiger partial charge on any atom is 0.320 e. The third kappa shape index (κ3) is 5.24. The van der Waals surface area contributed by atoms with Crippen molar-refractivity contribution in [2.45, 2.75) is 50.3 Å². The van der Waals surface area contributed by atoms with Gasteiger partial charge in [0.15, 0.2) is 0 Å². The Bertz CT molecular complexity index is 1420. The number of amides is 2. The number of hydrogen-bond acceptors (Lipinski definition) is 6. The Morgan fingerprint density at radius 3 is 2.54 bits per heavy atom. The van der Waals surface area contributed by atoms with Gasteiger partial charge in [-0.05, 0) is 37.0 Å². The molecule has 2 amide bonds. The highest BCUT2D eigenvalue weighted by atomic mass is 16.5. The van der Waals surface area contributed by atoms with E-state index in [9.17, 15) is 14.7 Å². The van der Waals surface area contributed by atoms with Gasteiger partial charge in [0, 0.05) is 49.8 Å². The molecule has 3 heterocycles. The van der Waals surface area contributed by atoms with Crippen LogP contribution in [-0.2, 0) is 6.54 Å². The molecule has 216 valence electrons. The number of methoxy groups -OCH3 is 1. The second-order valence-electron chi connectivity index (χ2n) is 11.8. The number of aliphatic hydroxyl groups is 1. The zero-order chi connectivity index (χ0) is 28.5. The number of aromatic nitrogens is 2. The van der Waals surface area contributed by atoms with E-state index in [-0.39, 0.29) is 24.2 Å². The highest BCUT2D eigenvalue weighted by molar-refractivity contribution is 5.75. The second-order valence-corrected chi connectivity index (χ2v) is 11.8. The van der Waals surface area contributed by atoms with Crippen LogP contribution < -0.4 is 15.6 Å². The van der Waals surface area contributed by atoms with Crippen molar-refractivity contribution >= 4 is 6.03 Å². The fraction of sp³-hybridized carbons (Fsp3) is 0.469. The van der Waals surface area contributed by atoms with Gasteiger partial charge in [-0.3, -0.25) is 9.36 Å². The van der Waals surface area contributed by atoms with Crippen molar-refractivity contribution in [2.75, 3.05) is 39.8 Å². The molecule has 2 unspecified atom stereocenters. The summed E-state index contributed by atoms with van der Waals surface area (Å²) in [5.41, 5.74) is 0.845. The molecule has 9 heteroatoms. The summed E-state index contributed by atoms with van der Waals surface area (Å²) < 4.78 is 6.86. The molecule has 0 radical (unpaired) electrons. The first-order chi connectivity index (χ1) is 19.9. The quantitative estimate of drug-likeness (QED) is 0.497. The number of hydrogen-bond donors (Lipinski definition) is 2. The molecule has 3 aliphatic rings. The molecule has 41 heavy (non-hydrogen) atoms. The van der Waals surface area contributed by atoms with Gasteiger partial charge in [0.1, 0.15) is 5.75 Å². The van der Waals surface area contributed by atoms with Crippen LogP contribution in [0.25, 0.3) is 11.3 Å². The molecular weight excluding hydrogens is 518 g/mol. The first kappa shape index (κ1) is 27.5. The Labute approximate surface area is 240 Å². The van der Waals surface area contributed by atoms with Crippen LogP contribution in [0.4, 0.5) is 4.79 Å². The van der Waals surface area contributed by atoms with E-state index in [1.54, 1.807) is 24.1 Å². The van der Waals surface area contributed by atoms with E-state index in [0.29, 0.717) is 38.3 Å². The van der Waals surface area contributed by atoms with Gasteiger partial charge in [-0.15, -0.1) is 0 Å². The molecule has 3 fully saturated rings. The van der Waals surface area contributed by atoms with Gasteiger partial charge < -0.3 is 25.0 Å². The number of nitrogens with one attached hydrogen (secondary N) is 1. The van der Waals surface area contributed by atoms with E-state index >= 15 is 0 Å². The van der Waals surface area contributed by atoms with Crippen molar-refractivity contribution in [3.8, 4) is 17.0 Å². The van der Waals surface area contributed by atoms with Gasteiger partial charge >= 0.3 is 6.03 Å². The fourth-order valence-corrected chi connectivity index (χ4v) is 7.09. The highest BCUT2D eigenvalue weighted by Crippen LogP contribution is 2.51. The minimum absolute atomic E-state index is 0.0201. The summed E-state index contributed by atoms with van der Waals surface area (Å²) in [6.07, 6.45) is 5.66. The molecule has 1 aliphatic carbocycles. The average Bonchev–Trinajstić information content (AvgIpc) is 3.50. The number of nitrogens with zero attached hydrogens (tertiary/aromatic N) is 4. The topological polar surface area (TPSA) is 99.9 Å². The minimum Gasteiger partial charge on any atom is -0.497 e. The van der Waals surface area contributed by atoms with Crippen LogP contribution in [0.3, 0.4) is 0 Å². The molecule has 9 nitrogen and oxygen atoms in total. The van der Waals surface area contributed by atoms with Crippen LogP contribution in [0.15, 0.2) is 71.8 Å². The van der Waals surface area contributed by atoms with Gasteiger partial charge in [-0.2, -0.15) is 0 Å². The summed E-state index contributed by atoms with van der Waals surface area (Å²) in [4.78, 5) is 35.7. The molecular formula is C32H39N5O4. The monoisotopic (exact) mass is 557 g/mol. The Balaban J connectivity index is 1.21. The largest absolute Gasteiger partial charge is 0.497 e. The summed E-state index contributed by atoms with van der Waals surface area (Å²) in [6.45, 7) is 3.18. The zero-order valence-electron chi connectivity index (χ0n) is 23.7. The molecule has 1 aromatic heterocycles. The van der Waals surface area contributed by atoms with Crippen molar-refractivity contribution < 1.29 is 14.6 Å². The average molecular weight is 558 g/mol. The maximum atomic E-state index is 14.0. The van der Waals surface area contributed by atoms with Gasteiger partial charge in [0.2, 0.25) is 0 Å². The molecule has 2 aliphatic heterocycles. The number of piperazine rings is 1. The predicted octanol–water partition coefficient (Wildman–Crippen LogP) is 3.68. The fourth-order valence-electron chi connectivity index (χ4n) is 7.09. The molecule has 2 saturated heterocycles. The number of benzene rings is 2. The zero-order valence-corrected chi connectivity index (χ0v) is 23.7. The van der Waals surface area contributed by atoms with Gasteiger partial charge in [0.25, 0.3) is 5.56 Å².